The summed E-state index contributed by atoms with van der Waals surface area (Å²) >= 11 is 0. The van der Waals surface area contributed by atoms with Gasteiger partial charge in [0.25, 0.3) is 0 Å². The van der Waals surface area contributed by atoms with Gasteiger partial charge in [0.1, 0.15) is 0 Å². The van der Waals surface area contributed by atoms with Crippen LogP contribution in [0.25, 0.3) is 0 Å². The molecular weight excluding hydrogens is 187 g/mol. The van der Waals surface area contributed by atoms with Gasteiger partial charge in [0, 0.05) is 5.56 Å². The van der Waals surface area contributed by atoms with Gasteiger partial charge in [-0.1, -0.05) is 17.7 Å². The molecule has 1 aromatic rings. The molecule has 0 saturated carbocycles. The van der Waals surface area contributed by atoms with E-state index in [0.717, 1.165) is 17.2 Å². The molecule has 0 unspecified atom stereocenters. The molecule has 14 heavy (non-hydrogen) atoms. The van der Waals surface area contributed by atoms with Crippen LogP contribution in [0.3, 0.4) is 0 Å². The van der Waals surface area contributed by atoms with Crippen LogP contribution in [0.5, 0.6) is 0 Å². The van der Waals surface area contributed by atoms with E-state index >= 15 is 0 Å². The summed E-state index contributed by atoms with van der Waals surface area (Å²) in [6, 6.07) is 5.60. The molecule has 1 aromatic carbocycles. The molecule has 2 nitrogen and oxygen atoms in total. The zero-order chi connectivity index (χ0) is 9.84. The largest absolute Gasteiger partial charge is 1.00 e. The number of carbonyl (C=O) groups excluding carboxylic acids is 1. The Balaban J connectivity index is 0.00000169. The summed E-state index contributed by atoms with van der Waals surface area (Å²) in [4.78, 5) is 11.3. The number of carbonyl (C=O) groups is 1. The van der Waals surface area contributed by atoms with Gasteiger partial charge >= 0.3 is 29.6 Å². The minimum absolute atomic E-state index is 0. The quantitative estimate of drug-likeness (QED) is 0.247. The van der Waals surface area contributed by atoms with Gasteiger partial charge < -0.3 is 5.11 Å². The van der Waals surface area contributed by atoms with Crippen LogP contribution in [-0.4, -0.2) is 5.78 Å². The van der Waals surface area contributed by atoms with E-state index in [0.29, 0.717) is 11.8 Å². The molecule has 0 fully saturated rings. The van der Waals surface area contributed by atoms with E-state index in [1.807, 2.05) is 26.0 Å². The number of hydrogen-bond acceptors (Lipinski definition) is 2. The molecule has 0 bridgehead atoms. The molecule has 68 valence electrons. The van der Waals surface area contributed by atoms with Gasteiger partial charge in [0.15, 0.2) is 5.78 Å². The van der Waals surface area contributed by atoms with Crippen LogP contribution in [0.4, 0.5) is 0 Å². The molecule has 0 aromatic heterocycles. The molecule has 0 N–H and O–H groups in total. The van der Waals surface area contributed by atoms with Crippen molar-refractivity contribution in [1.29, 1.82) is 0 Å². The van der Waals surface area contributed by atoms with Gasteiger partial charge in [-0.2, -0.15) is 0 Å². The first kappa shape index (κ1) is 13.4. The second-order valence-electron chi connectivity index (χ2n) is 2.99. The van der Waals surface area contributed by atoms with Gasteiger partial charge in [-0.15, -0.1) is 6.26 Å². The zero-order valence-electron chi connectivity index (χ0n) is 8.70. The van der Waals surface area contributed by atoms with Gasteiger partial charge in [-0.3, -0.25) is 4.79 Å². The summed E-state index contributed by atoms with van der Waals surface area (Å²) in [7, 11) is 0. The van der Waals surface area contributed by atoms with Crippen LogP contribution >= 0.6 is 0 Å². The molecule has 0 heterocycles. The first-order valence-electron chi connectivity index (χ1n) is 4.05. The van der Waals surface area contributed by atoms with Gasteiger partial charge in [-0.05, 0) is 31.6 Å². The first-order valence-corrected chi connectivity index (χ1v) is 4.05. The Morgan fingerprint density at radius 3 is 2.57 bits per heavy atom. The predicted molar refractivity (Wildman–Crippen MR) is 49.4 cm³/mol. The van der Waals surface area contributed by atoms with Crippen molar-refractivity contribution in [3.05, 3.63) is 47.2 Å². The van der Waals surface area contributed by atoms with Crippen molar-refractivity contribution in [2.45, 2.75) is 13.8 Å². The number of benzene rings is 1. The van der Waals surface area contributed by atoms with E-state index < -0.39 is 0 Å². The van der Waals surface area contributed by atoms with Crippen LogP contribution in [0.1, 0.15) is 21.5 Å². The van der Waals surface area contributed by atoms with Gasteiger partial charge in [0.05, 0.1) is 0 Å². The fourth-order valence-corrected chi connectivity index (χ4v) is 1.15. The van der Waals surface area contributed by atoms with E-state index in [1.165, 1.54) is 0 Å². The van der Waals surface area contributed by atoms with E-state index in [9.17, 15) is 9.90 Å². The molecule has 1 rings (SSSR count). The maximum absolute atomic E-state index is 11.3. The number of ketones is 1. The number of allylic oxidation sites excluding steroid dienone is 1. The molecular formula is C11H11NaO2. The number of rotatable bonds is 2. The van der Waals surface area contributed by atoms with Crippen molar-refractivity contribution in [1.82, 2.24) is 0 Å². The number of aryl methyl sites for hydroxylation is 2. The Morgan fingerprint density at radius 1 is 1.36 bits per heavy atom. The SMILES string of the molecule is Cc1ccc(C)c(C(=O)C=C[O-])c1.[Na+]. The summed E-state index contributed by atoms with van der Waals surface area (Å²) < 4.78 is 0. The molecule has 0 amide bonds. The molecule has 3 heteroatoms. The Hall–Kier alpha value is -0.570. The van der Waals surface area contributed by atoms with Crippen LogP contribution in [-0.2, 0) is 0 Å². The third kappa shape index (κ3) is 3.29. The second kappa shape index (κ2) is 6.02. The average Bonchev–Trinajstić information content (AvgIpc) is 2.09. The van der Waals surface area contributed by atoms with E-state index in [-0.39, 0.29) is 35.3 Å². The molecule has 0 radical (unpaired) electrons. The third-order valence-electron chi connectivity index (χ3n) is 1.88. The van der Waals surface area contributed by atoms with E-state index in [1.54, 1.807) is 6.07 Å². The van der Waals surface area contributed by atoms with Gasteiger partial charge in [0.2, 0.25) is 0 Å². The molecule has 0 spiro atoms. The maximum Gasteiger partial charge on any atom is 1.00 e. The zero-order valence-corrected chi connectivity index (χ0v) is 10.7. The van der Waals surface area contributed by atoms with Crippen LogP contribution in [0, 0.1) is 13.8 Å². The average molecular weight is 198 g/mol. The van der Waals surface area contributed by atoms with Crippen molar-refractivity contribution in [3.63, 3.8) is 0 Å². The minimum Gasteiger partial charge on any atom is -0.878 e. The molecule has 0 aliphatic carbocycles. The van der Waals surface area contributed by atoms with E-state index in [2.05, 4.69) is 0 Å². The summed E-state index contributed by atoms with van der Waals surface area (Å²) in [6.07, 6.45) is 1.56. The second-order valence-corrected chi connectivity index (χ2v) is 2.99. The fraction of sp³-hybridized carbons (Fsp3) is 0.182. The van der Waals surface area contributed by atoms with Crippen LogP contribution < -0.4 is 34.7 Å². The maximum atomic E-state index is 11.3. The summed E-state index contributed by atoms with van der Waals surface area (Å²) in [6.45, 7) is 3.77. The van der Waals surface area contributed by atoms with Crippen molar-refractivity contribution in [2.24, 2.45) is 0 Å². The monoisotopic (exact) mass is 198 g/mol. The van der Waals surface area contributed by atoms with Crippen molar-refractivity contribution in [3.8, 4) is 0 Å². The summed E-state index contributed by atoms with van der Waals surface area (Å²) in [5.74, 6) is -0.226. The first-order chi connectivity index (χ1) is 6.15. The molecule has 0 atom stereocenters. The van der Waals surface area contributed by atoms with E-state index in [4.69, 9.17) is 0 Å². The normalized spacial score (nSPS) is 9.86. The van der Waals surface area contributed by atoms with Crippen LogP contribution in [0.15, 0.2) is 30.5 Å². The predicted octanol–water partition coefficient (Wildman–Crippen LogP) is -1.64. The van der Waals surface area contributed by atoms with Crippen LogP contribution in [0.2, 0.25) is 0 Å². The summed E-state index contributed by atoms with van der Waals surface area (Å²) in [5.41, 5.74) is 2.52. The number of hydrogen-bond donors (Lipinski definition) is 0. The van der Waals surface area contributed by atoms with Crippen molar-refractivity contribution >= 4 is 5.78 Å². The Labute approximate surface area is 106 Å². The standard InChI is InChI=1S/C11H12O2.Na/c1-8-3-4-9(2)10(7-8)11(13)5-6-12;/h3-7,12H,1-2H3;/q;+1/p-1. The topological polar surface area (TPSA) is 40.1 Å². The fourth-order valence-electron chi connectivity index (χ4n) is 1.15. The summed E-state index contributed by atoms with van der Waals surface area (Å²) in [5, 5.41) is 10.1. The smallest absolute Gasteiger partial charge is 0.878 e. The third-order valence-corrected chi connectivity index (χ3v) is 1.88. The molecule has 0 aliphatic rings. The van der Waals surface area contributed by atoms with Crippen molar-refractivity contribution in [2.75, 3.05) is 0 Å². The Bertz CT molecular complexity index is 356. The molecule has 0 aliphatic heterocycles. The minimum atomic E-state index is -0.226. The molecule has 0 saturated heterocycles. The Kier molecular flexibility index (Phi) is 5.77. The van der Waals surface area contributed by atoms with Crippen molar-refractivity contribution < 1.29 is 39.5 Å². The van der Waals surface area contributed by atoms with Gasteiger partial charge in [-0.25, -0.2) is 0 Å². The Morgan fingerprint density at radius 2 is 2.00 bits per heavy atom.